The van der Waals surface area contributed by atoms with Crippen molar-refractivity contribution in [1.82, 2.24) is 10.6 Å². The number of hydrogen-bond acceptors (Lipinski definition) is 3. The highest BCUT2D eigenvalue weighted by Crippen LogP contribution is 2.27. The van der Waals surface area contributed by atoms with Gasteiger partial charge in [-0.05, 0) is 37.3 Å². The molecule has 2 N–H and O–H groups in total. The fraction of sp³-hybridized carbons (Fsp3) is 0.611. The van der Waals surface area contributed by atoms with E-state index in [1.54, 1.807) is 0 Å². The number of benzene rings is 1. The van der Waals surface area contributed by atoms with Crippen LogP contribution in [0, 0.1) is 12.8 Å². The van der Waals surface area contributed by atoms with Crippen molar-refractivity contribution in [2.75, 3.05) is 26.8 Å². The monoisotopic (exact) mass is 317 g/mol. The first-order valence-electron chi connectivity index (χ1n) is 8.53. The summed E-state index contributed by atoms with van der Waals surface area (Å²) in [6.45, 7) is 5.28. The molecule has 5 heteroatoms. The second-order valence-corrected chi connectivity index (χ2v) is 6.46. The third kappa shape index (κ3) is 4.86. The second kappa shape index (κ2) is 7.68. The summed E-state index contributed by atoms with van der Waals surface area (Å²) in [5.74, 6) is 2.63. The fourth-order valence-electron chi connectivity index (χ4n) is 2.67. The van der Waals surface area contributed by atoms with Gasteiger partial charge in [-0.3, -0.25) is 4.99 Å². The molecule has 1 aliphatic heterocycles. The van der Waals surface area contributed by atoms with Crippen LogP contribution in [0.4, 0.5) is 0 Å². The Morgan fingerprint density at radius 1 is 1.30 bits per heavy atom. The zero-order chi connectivity index (χ0) is 16.1. The maximum absolute atomic E-state index is 6.14. The number of guanidine groups is 1. The molecular weight excluding hydrogens is 290 g/mol. The molecule has 0 bridgehead atoms. The molecule has 1 saturated carbocycles. The standard InChI is InChI=1S/C18H27N3O2/c1-13-3-6-15(17(9-13)23-16-7-8-22-12-16)11-21-18(19-2)20-10-14-4-5-14/h3,6,9,14,16H,4-5,7-8,10-12H2,1-2H3,(H2,19,20,21). The topological polar surface area (TPSA) is 54.9 Å². The van der Waals surface area contributed by atoms with Gasteiger partial charge in [0.25, 0.3) is 0 Å². The summed E-state index contributed by atoms with van der Waals surface area (Å²) in [7, 11) is 1.81. The first-order valence-corrected chi connectivity index (χ1v) is 8.53. The van der Waals surface area contributed by atoms with E-state index in [1.807, 2.05) is 7.05 Å². The minimum atomic E-state index is 0.169. The third-order valence-electron chi connectivity index (χ3n) is 4.33. The minimum Gasteiger partial charge on any atom is -0.488 e. The largest absolute Gasteiger partial charge is 0.488 e. The maximum atomic E-state index is 6.14. The van der Waals surface area contributed by atoms with Crippen molar-refractivity contribution in [1.29, 1.82) is 0 Å². The number of nitrogens with one attached hydrogen (secondary N) is 2. The maximum Gasteiger partial charge on any atom is 0.191 e. The van der Waals surface area contributed by atoms with Gasteiger partial charge in [0.1, 0.15) is 11.9 Å². The molecule has 1 saturated heterocycles. The number of aryl methyl sites for hydroxylation is 1. The van der Waals surface area contributed by atoms with Crippen molar-refractivity contribution in [3.05, 3.63) is 29.3 Å². The van der Waals surface area contributed by atoms with Crippen LogP contribution in [0.3, 0.4) is 0 Å². The highest BCUT2D eigenvalue weighted by molar-refractivity contribution is 5.79. The van der Waals surface area contributed by atoms with Crippen LogP contribution in [0.2, 0.25) is 0 Å². The van der Waals surface area contributed by atoms with Gasteiger partial charge in [-0.15, -0.1) is 0 Å². The molecule has 0 spiro atoms. The van der Waals surface area contributed by atoms with Crippen molar-refractivity contribution < 1.29 is 9.47 Å². The Morgan fingerprint density at radius 3 is 2.87 bits per heavy atom. The number of nitrogens with zero attached hydrogens (tertiary/aromatic N) is 1. The molecule has 1 aromatic carbocycles. The molecule has 2 fully saturated rings. The molecular formula is C18H27N3O2. The lowest BCUT2D eigenvalue weighted by Gasteiger charge is -2.18. The molecule has 2 aliphatic rings. The summed E-state index contributed by atoms with van der Waals surface area (Å²) in [6, 6.07) is 6.35. The van der Waals surface area contributed by atoms with Gasteiger partial charge in [-0.2, -0.15) is 0 Å². The average molecular weight is 317 g/mol. The van der Waals surface area contributed by atoms with Crippen LogP contribution in [-0.4, -0.2) is 38.9 Å². The van der Waals surface area contributed by atoms with Crippen molar-refractivity contribution in [3.8, 4) is 5.75 Å². The van der Waals surface area contributed by atoms with Gasteiger partial charge < -0.3 is 20.1 Å². The predicted octanol–water partition coefficient (Wildman–Crippen LogP) is 2.24. The first kappa shape index (κ1) is 16.1. The molecule has 126 valence electrons. The van der Waals surface area contributed by atoms with Gasteiger partial charge in [0.2, 0.25) is 0 Å². The molecule has 0 amide bonds. The van der Waals surface area contributed by atoms with Gasteiger partial charge in [0, 0.05) is 32.1 Å². The number of ether oxygens (including phenoxy) is 2. The lowest BCUT2D eigenvalue weighted by Crippen LogP contribution is -2.38. The van der Waals surface area contributed by atoms with E-state index in [2.05, 4.69) is 40.7 Å². The lowest BCUT2D eigenvalue weighted by molar-refractivity contribution is 0.140. The Kier molecular flexibility index (Phi) is 5.39. The number of aliphatic imine (C=N–C) groups is 1. The van der Waals surface area contributed by atoms with Gasteiger partial charge >= 0.3 is 0 Å². The zero-order valence-electron chi connectivity index (χ0n) is 14.1. The highest BCUT2D eigenvalue weighted by atomic mass is 16.5. The molecule has 5 nitrogen and oxygen atoms in total. The molecule has 1 atom stereocenters. The Bertz CT molecular complexity index is 549. The lowest BCUT2D eigenvalue weighted by atomic mass is 10.1. The number of rotatable bonds is 6. The minimum absolute atomic E-state index is 0.169. The van der Waals surface area contributed by atoms with E-state index in [9.17, 15) is 0 Å². The van der Waals surface area contributed by atoms with Gasteiger partial charge in [-0.25, -0.2) is 0 Å². The number of hydrogen-bond donors (Lipinski definition) is 2. The zero-order valence-corrected chi connectivity index (χ0v) is 14.1. The summed E-state index contributed by atoms with van der Waals surface area (Å²) in [4.78, 5) is 4.29. The van der Waals surface area contributed by atoms with E-state index in [0.29, 0.717) is 13.2 Å². The van der Waals surface area contributed by atoms with Crippen LogP contribution in [0.1, 0.15) is 30.4 Å². The molecule has 1 aliphatic carbocycles. The Labute approximate surface area is 138 Å². The second-order valence-electron chi connectivity index (χ2n) is 6.46. The summed E-state index contributed by atoms with van der Waals surface area (Å²) >= 11 is 0. The van der Waals surface area contributed by atoms with E-state index in [1.165, 1.54) is 18.4 Å². The molecule has 3 rings (SSSR count). The van der Waals surface area contributed by atoms with Crippen LogP contribution < -0.4 is 15.4 Å². The quantitative estimate of drug-likeness (QED) is 0.624. The highest BCUT2D eigenvalue weighted by Gasteiger charge is 2.21. The van der Waals surface area contributed by atoms with Crippen LogP contribution >= 0.6 is 0 Å². The van der Waals surface area contributed by atoms with Crippen LogP contribution in [0.15, 0.2) is 23.2 Å². The average Bonchev–Trinajstić information content (AvgIpc) is 3.24. The molecule has 1 unspecified atom stereocenters. The summed E-state index contributed by atoms with van der Waals surface area (Å²) in [5.41, 5.74) is 2.36. The van der Waals surface area contributed by atoms with E-state index < -0.39 is 0 Å². The van der Waals surface area contributed by atoms with Crippen molar-refractivity contribution in [2.45, 2.75) is 38.8 Å². The molecule has 0 aromatic heterocycles. The fourth-order valence-corrected chi connectivity index (χ4v) is 2.67. The first-order chi connectivity index (χ1) is 11.2. The molecule has 0 radical (unpaired) electrons. The van der Waals surface area contributed by atoms with Crippen molar-refractivity contribution >= 4 is 5.96 Å². The van der Waals surface area contributed by atoms with Crippen molar-refractivity contribution in [3.63, 3.8) is 0 Å². The molecule has 1 heterocycles. The predicted molar refractivity (Wildman–Crippen MR) is 92.0 cm³/mol. The van der Waals surface area contributed by atoms with Gasteiger partial charge in [0.15, 0.2) is 5.96 Å². The van der Waals surface area contributed by atoms with Gasteiger partial charge in [-0.1, -0.05) is 12.1 Å². The van der Waals surface area contributed by atoms with E-state index in [4.69, 9.17) is 9.47 Å². The van der Waals surface area contributed by atoms with E-state index in [-0.39, 0.29) is 6.10 Å². The summed E-state index contributed by atoms with van der Waals surface area (Å²) < 4.78 is 11.5. The SMILES string of the molecule is CN=C(NCc1ccc(C)cc1OC1CCOC1)NCC1CC1. The summed E-state index contributed by atoms with van der Waals surface area (Å²) in [6.07, 6.45) is 3.81. The van der Waals surface area contributed by atoms with Gasteiger partial charge in [0.05, 0.1) is 13.2 Å². The molecule has 23 heavy (non-hydrogen) atoms. The molecule has 1 aromatic rings. The third-order valence-corrected chi connectivity index (χ3v) is 4.33. The normalized spacial score (nSPS) is 21.3. The summed E-state index contributed by atoms with van der Waals surface area (Å²) in [5, 5.41) is 6.76. The van der Waals surface area contributed by atoms with E-state index >= 15 is 0 Å². The van der Waals surface area contributed by atoms with Crippen LogP contribution in [0.25, 0.3) is 0 Å². The van der Waals surface area contributed by atoms with Crippen LogP contribution in [0.5, 0.6) is 5.75 Å². The van der Waals surface area contributed by atoms with Crippen molar-refractivity contribution in [2.24, 2.45) is 10.9 Å². The smallest absolute Gasteiger partial charge is 0.191 e. The Balaban J connectivity index is 1.58. The Hall–Kier alpha value is -1.75. The Morgan fingerprint density at radius 2 is 2.17 bits per heavy atom. The van der Waals surface area contributed by atoms with E-state index in [0.717, 1.165) is 42.8 Å². The van der Waals surface area contributed by atoms with Crippen LogP contribution in [-0.2, 0) is 11.3 Å².